The number of hydrogen-bond acceptors (Lipinski definition) is 6. The Morgan fingerprint density at radius 1 is 0.964 bits per heavy atom. The van der Waals surface area contributed by atoms with E-state index in [-0.39, 0.29) is 18.4 Å². The standard InChI is InChI=1S/C21H20N4O3/c1-12-5-4-6-13(2)19(12)25-21-22-14(3)9-16(24-21)20(26)23-15-7-8-17-18(10-15)28-11-27-17/h4-10H,11H2,1-3H3,(H,23,26)(H,22,24,25). The maximum Gasteiger partial charge on any atom is 0.274 e. The summed E-state index contributed by atoms with van der Waals surface area (Å²) in [5.41, 5.74) is 4.68. The van der Waals surface area contributed by atoms with Crippen LogP contribution in [0.4, 0.5) is 17.3 Å². The Labute approximate surface area is 162 Å². The maximum absolute atomic E-state index is 12.7. The molecule has 1 aliphatic heterocycles. The number of rotatable bonds is 4. The van der Waals surface area contributed by atoms with Gasteiger partial charge in [0.05, 0.1) is 0 Å². The monoisotopic (exact) mass is 376 g/mol. The number of nitrogens with one attached hydrogen (secondary N) is 2. The summed E-state index contributed by atoms with van der Waals surface area (Å²) in [5.74, 6) is 1.33. The first-order valence-electron chi connectivity index (χ1n) is 8.89. The molecule has 142 valence electrons. The number of carbonyl (C=O) groups excluding carboxylic acids is 1. The van der Waals surface area contributed by atoms with E-state index in [0.29, 0.717) is 28.8 Å². The number of benzene rings is 2. The van der Waals surface area contributed by atoms with E-state index in [1.807, 2.05) is 39.0 Å². The Bertz CT molecular complexity index is 1050. The fourth-order valence-electron chi connectivity index (χ4n) is 3.03. The number of fused-ring (bicyclic) bond motifs is 1. The van der Waals surface area contributed by atoms with Gasteiger partial charge in [-0.1, -0.05) is 18.2 Å². The van der Waals surface area contributed by atoms with Crippen LogP contribution in [0.5, 0.6) is 11.5 Å². The Morgan fingerprint density at radius 3 is 2.50 bits per heavy atom. The topological polar surface area (TPSA) is 85.4 Å². The highest BCUT2D eigenvalue weighted by Gasteiger charge is 2.16. The van der Waals surface area contributed by atoms with Crippen molar-refractivity contribution in [2.75, 3.05) is 17.4 Å². The number of nitrogens with zero attached hydrogens (tertiary/aromatic N) is 2. The third kappa shape index (κ3) is 3.59. The number of aryl methyl sites for hydroxylation is 3. The van der Waals surface area contributed by atoms with Crippen LogP contribution in [-0.2, 0) is 0 Å². The van der Waals surface area contributed by atoms with Gasteiger partial charge in [0.25, 0.3) is 5.91 Å². The lowest BCUT2D eigenvalue weighted by atomic mass is 10.1. The molecule has 7 heteroatoms. The molecule has 0 saturated heterocycles. The van der Waals surface area contributed by atoms with E-state index in [2.05, 4.69) is 20.6 Å². The van der Waals surface area contributed by atoms with E-state index in [1.165, 1.54) is 0 Å². The number of ether oxygens (including phenoxy) is 2. The first kappa shape index (κ1) is 17.8. The molecule has 2 heterocycles. The van der Waals surface area contributed by atoms with Crippen LogP contribution >= 0.6 is 0 Å². The molecule has 0 spiro atoms. The van der Waals surface area contributed by atoms with Crippen molar-refractivity contribution in [2.24, 2.45) is 0 Å². The van der Waals surface area contributed by atoms with Crippen LogP contribution in [0.15, 0.2) is 42.5 Å². The minimum Gasteiger partial charge on any atom is -0.454 e. The molecule has 4 rings (SSSR count). The highest BCUT2D eigenvalue weighted by Crippen LogP contribution is 2.34. The van der Waals surface area contributed by atoms with Crippen molar-refractivity contribution in [3.8, 4) is 11.5 Å². The maximum atomic E-state index is 12.7. The lowest BCUT2D eigenvalue weighted by molar-refractivity contribution is 0.102. The molecule has 7 nitrogen and oxygen atoms in total. The van der Waals surface area contributed by atoms with E-state index in [9.17, 15) is 4.79 Å². The average Bonchev–Trinajstić information content (AvgIpc) is 3.12. The van der Waals surface area contributed by atoms with Crippen molar-refractivity contribution in [1.82, 2.24) is 9.97 Å². The molecule has 0 aliphatic carbocycles. The lowest BCUT2D eigenvalue weighted by Gasteiger charge is -2.13. The van der Waals surface area contributed by atoms with Crippen molar-refractivity contribution >= 4 is 23.2 Å². The molecule has 2 N–H and O–H groups in total. The third-order valence-corrected chi connectivity index (χ3v) is 4.44. The molecule has 1 aliphatic rings. The molecule has 0 radical (unpaired) electrons. The largest absolute Gasteiger partial charge is 0.454 e. The van der Waals surface area contributed by atoms with Crippen LogP contribution in [0.25, 0.3) is 0 Å². The minimum absolute atomic E-state index is 0.186. The zero-order valence-electron chi connectivity index (χ0n) is 15.9. The Balaban J connectivity index is 1.57. The predicted molar refractivity (Wildman–Crippen MR) is 106 cm³/mol. The first-order chi connectivity index (χ1) is 13.5. The Hall–Kier alpha value is -3.61. The van der Waals surface area contributed by atoms with Crippen LogP contribution in [0, 0.1) is 20.8 Å². The molecule has 0 bridgehead atoms. The summed E-state index contributed by atoms with van der Waals surface area (Å²) in [6.45, 7) is 6.04. The van der Waals surface area contributed by atoms with Crippen molar-refractivity contribution in [3.63, 3.8) is 0 Å². The second-order valence-electron chi connectivity index (χ2n) is 6.63. The van der Waals surface area contributed by atoms with Crippen LogP contribution in [0.3, 0.4) is 0 Å². The summed E-state index contributed by atoms with van der Waals surface area (Å²) < 4.78 is 10.6. The summed E-state index contributed by atoms with van der Waals surface area (Å²) in [5, 5.41) is 6.07. The molecule has 1 aromatic heterocycles. The van der Waals surface area contributed by atoms with Crippen LogP contribution in [0.1, 0.15) is 27.3 Å². The summed E-state index contributed by atoms with van der Waals surface area (Å²) in [6, 6.07) is 12.9. The normalized spacial score (nSPS) is 12.0. The first-order valence-corrected chi connectivity index (χ1v) is 8.89. The van der Waals surface area contributed by atoms with Crippen molar-refractivity contribution < 1.29 is 14.3 Å². The van der Waals surface area contributed by atoms with Gasteiger partial charge in [-0.05, 0) is 50.1 Å². The van der Waals surface area contributed by atoms with E-state index >= 15 is 0 Å². The third-order valence-electron chi connectivity index (χ3n) is 4.44. The fourth-order valence-corrected chi connectivity index (χ4v) is 3.03. The Kier molecular flexibility index (Phi) is 4.57. The van der Waals surface area contributed by atoms with Gasteiger partial charge in [-0.2, -0.15) is 0 Å². The van der Waals surface area contributed by atoms with Crippen molar-refractivity contribution in [1.29, 1.82) is 0 Å². The van der Waals surface area contributed by atoms with Crippen molar-refractivity contribution in [2.45, 2.75) is 20.8 Å². The fraction of sp³-hybridized carbons (Fsp3) is 0.190. The van der Waals surface area contributed by atoms with Gasteiger partial charge in [-0.3, -0.25) is 4.79 Å². The highest BCUT2D eigenvalue weighted by atomic mass is 16.7. The number of carbonyl (C=O) groups is 1. The number of aromatic nitrogens is 2. The van der Waals surface area contributed by atoms with Gasteiger partial charge in [0.2, 0.25) is 12.7 Å². The molecule has 3 aromatic rings. The van der Waals surface area contributed by atoms with Crippen LogP contribution in [0.2, 0.25) is 0 Å². The molecule has 2 aromatic carbocycles. The average molecular weight is 376 g/mol. The molecule has 28 heavy (non-hydrogen) atoms. The number of anilines is 3. The van der Waals surface area contributed by atoms with Gasteiger partial charge in [0, 0.05) is 23.1 Å². The van der Waals surface area contributed by atoms with Crippen LogP contribution < -0.4 is 20.1 Å². The molecular weight excluding hydrogens is 356 g/mol. The number of hydrogen-bond donors (Lipinski definition) is 2. The molecule has 0 fully saturated rings. The van der Waals surface area contributed by atoms with Gasteiger partial charge in [-0.15, -0.1) is 0 Å². The van der Waals surface area contributed by atoms with E-state index in [1.54, 1.807) is 24.3 Å². The second-order valence-corrected chi connectivity index (χ2v) is 6.63. The zero-order valence-corrected chi connectivity index (χ0v) is 15.9. The van der Waals surface area contributed by atoms with E-state index < -0.39 is 0 Å². The molecule has 0 unspecified atom stereocenters. The van der Waals surface area contributed by atoms with Gasteiger partial charge >= 0.3 is 0 Å². The predicted octanol–water partition coefficient (Wildman–Crippen LogP) is 4.13. The number of amides is 1. The smallest absolute Gasteiger partial charge is 0.274 e. The number of para-hydroxylation sites is 1. The van der Waals surface area contributed by atoms with Gasteiger partial charge in [0.1, 0.15) is 5.69 Å². The summed E-state index contributed by atoms with van der Waals surface area (Å²) >= 11 is 0. The summed E-state index contributed by atoms with van der Waals surface area (Å²) in [7, 11) is 0. The SMILES string of the molecule is Cc1cc(C(=O)Nc2ccc3c(c2)OCO3)nc(Nc2c(C)cccc2C)n1. The molecular formula is C21H20N4O3. The summed E-state index contributed by atoms with van der Waals surface area (Å²) in [4.78, 5) is 21.5. The minimum atomic E-state index is -0.325. The van der Waals surface area contributed by atoms with E-state index in [4.69, 9.17) is 9.47 Å². The van der Waals surface area contributed by atoms with E-state index in [0.717, 1.165) is 16.8 Å². The zero-order chi connectivity index (χ0) is 19.7. The lowest BCUT2D eigenvalue weighted by Crippen LogP contribution is -2.15. The molecule has 1 amide bonds. The Morgan fingerprint density at radius 2 is 1.71 bits per heavy atom. The quantitative estimate of drug-likeness (QED) is 0.712. The molecule has 0 atom stereocenters. The van der Waals surface area contributed by atoms with Crippen LogP contribution in [-0.4, -0.2) is 22.7 Å². The van der Waals surface area contributed by atoms with Crippen molar-refractivity contribution in [3.05, 3.63) is 65.0 Å². The highest BCUT2D eigenvalue weighted by molar-refractivity contribution is 6.03. The second kappa shape index (κ2) is 7.19. The summed E-state index contributed by atoms with van der Waals surface area (Å²) in [6.07, 6.45) is 0. The van der Waals surface area contributed by atoms with Gasteiger partial charge in [-0.25, -0.2) is 9.97 Å². The van der Waals surface area contributed by atoms with Gasteiger partial charge in [0.15, 0.2) is 11.5 Å². The van der Waals surface area contributed by atoms with Gasteiger partial charge < -0.3 is 20.1 Å². The molecule has 0 saturated carbocycles.